The third-order valence-electron chi connectivity index (χ3n) is 7.24. The second kappa shape index (κ2) is 8.61. The monoisotopic (exact) mass is 426 g/mol. The number of imide groups is 1. The van der Waals surface area contributed by atoms with Gasteiger partial charge in [-0.15, -0.1) is 0 Å². The van der Waals surface area contributed by atoms with Crippen LogP contribution < -0.4 is 16.0 Å². The van der Waals surface area contributed by atoms with E-state index in [1.165, 1.54) is 19.3 Å². The van der Waals surface area contributed by atoms with Crippen LogP contribution in [0.25, 0.3) is 0 Å². The molecule has 0 radical (unpaired) electrons. The SMILES string of the molecule is Cc1cccc(C)c1NC(=O)CN(C)CC(=O)NC(=O)NC12CC3CC(CC(C3)C1)C2. The van der Waals surface area contributed by atoms with E-state index in [0.717, 1.165) is 53.8 Å². The predicted octanol–water partition coefficient (Wildman–Crippen LogP) is 2.97. The molecule has 0 aromatic heterocycles. The van der Waals surface area contributed by atoms with Crippen LogP contribution >= 0.6 is 0 Å². The summed E-state index contributed by atoms with van der Waals surface area (Å²) in [5.74, 6) is 1.59. The first-order valence-electron chi connectivity index (χ1n) is 11.4. The smallest absolute Gasteiger partial charge is 0.321 e. The van der Waals surface area contributed by atoms with Crippen LogP contribution in [0, 0.1) is 31.6 Å². The van der Waals surface area contributed by atoms with Crippen molar-refractivity contribution in [2.75, 3.05) is 25.5 Å². The van der Waals surface area contributed by atoms with Crippen molar-refractivity contribution >= 4 is 23.5 Å². The van der Waals surface area contributed by atoms with E-state index in [-0.39, 0.29) is 24.5 Å². The summed E-state index contributed by atoms with van der Waals surface area (Å²) in [7, 11) is 1.70. The first-order valence-corrected chi connectivity index (χ1v) is 11.4. The molecule has 0 aliphatic heterocycles. The Bertz CT molecular complexity index is 826. The lowest BCUT2D eigenvalue weighted by atomic mass is 9.53. The summed E-state index contributed by atoms with van der Waals surface area (Å²) in [4.78, 5) is 38.9. The number of hydrogen-bond donors (Lipinski definition) is 3. The van der Waals surface area contributed by atoms with Gasteiger partial charge in [0.1, 0.15) is 0 Å². The zero-order valence-corrected chi connectivity index (χ0v) is 18.8. The summed E-state index contributed by atoms with van der Waals surface area (Å²) in [5, 5.41) is 8.53. The molecular weight excluding hydrogens is 392 g/mol. The summed E-state index contributed by atoms with van der Waals surface area (Å²) < 4.78 is 0. The molecule has 0 atom stereocenters. The van der Waals surface area contributed by atoms with E-state index in [4.69, 9.17) is 0 Å². The van der Waals surface area contributed by atoms with Crippen LogP contribution in [0.4, 0.5) is 10.5 Å². The van der Waals surface area contributed by atoms with Crippen LogP contribution in [0.2, 0.25) is 0 Å². The average Bonchev–Trinajstić information content (AvgIpc) is 2.62. The number of aryl methyl sites for hydroxylation is 2. The zero-order valence-electron chi connectivity index (χ0n) is 18.8. The Morgan fingerprint density at radius 3 is 2.00 bits per heavy atom. The van der Waals surface area contributed by atoms with Gasteiger partial charge in [0.05, 0.1) is 13.1 Å². The molecule has 4 fully saturated rings. The fourth-order valence-electron chi connectivity index (χ4n) is 6.44. The number of nitrogens with zero attached hydrogens (tertiary/aromatic N) is 1. The highest BCUT2D eigenvalue weighted by Crippen LogP contribution is 2.55. The van der Waals surface area contributed by atoms with Crippen LogP contribution in [-0.4, -0.2) is 48.4 Å². The third kappa shape index (κ3) is 5.09. The van der Waals surface area contributed by atoms with Crippen molar-refractivity contribution in [1.82, 2.24) is 15.5 Å². The summed E-state index contributed by atoms with van der Waals surface area (Å²) in [6.07, 6.45) is 7.03. The number of rotatable bonds is 6. The molecule has 5 rings (SSSR count). The molecule has 1 aromatic carbocycles. The molecule has 1 aromatic rings. The van der Waals surface area contributed by atoms with Crippen LogP contribution in [-0.2, 0) is 9.59 Å². The van der Waals surface area contributed by atoms with Gasteiger partial charge in [0.2, 0.25) is 11.8 Å². The maximum absolute atomic E-state index is 12.5. The fourth-order valence-corrected chi connectivity index (χ4v) is 6.44. The average molecular weight is 427 g/mol. The molecule has 0 spiro atoms. The molecule has 31 heavy (non-hydrogen) atoms. The molecule has 7 nitrogen and oxygen atoms in total. The molecule has 4 aliphatic carbocycles. The summed E-state index contributed by atoms with van der Waals surface area (Å²) in [5.41, 5.74) is 2.67. The van der Waals surface area contributed by atoms with Gasteiger partial charge in [0.25, 0.3) is 0 Å². The number of likely N-dealkylation sites (N-methyl/N-ethyl adjacent to an activating group) is 1. The predicted molar refractivity (Wildman–Crippen MR) is 120 cm³/mol. The van der Waals surface area contributed by atoms with Crippen LogP contribution in [0.5, 0.6) is 0 Å². The molecule has 0 saturated heterocycles. The van der Waals surface area contributed by atoms with Gasteiger partial charge in [-0.05, 0) is 88.3 Å². The van der Waals surface area contributed by atoms with E-state index in [0.29, 0.717) is 0 Å². The van der Waals surface area contributed by atoms with Crippen LogP contribution in [0.3, 0.4) is 0 Å². The molecular formula is C24H34N4O3. The van der Waals surface area contributed by atoms with Crippen molar-refractivity contribution in [2.45, 2.75) is 57.9 Å². The highest BCUT2D eigenvalue weighted by atomic mass is 16.2. The number of anilines is 1. The zero-order chi connectivity index (χ0) is 22.2. The normalized spacial score (nSPS) is 28.5. The van der Waals surface area contributed by atoms with E-state index in [9.17, 15) is 14.4 Å². The number of carbonyl (C=O) groups is 3. The van der Waals surface area contributed by atoms with Crippen molar-refractivity contribution in [3.05, 3.63) is 29.3 Å². The quantitative estimate of drug-likeness (QED) is 0.652. The van der Waals surface area contributed by atoms with Gasteiger partial charge in [-0.2, -0.15) is 0 Å². The van der Waals surface area contributed by atoms with Gasteiger partial charge in [-0.25, -0.2) is 4.79 Å². The minimum Gasteiger partial charge on any atom is -0.332 e. The number of urea groups is 1. The highest BCUT2D eigenvalue weighted by molar-refractivity contribution is 5.96. The minimum atomic E-state index is -0.402. The lowest BCUT2D eigenvalue weighted by Gasteiger charge is -2.56. The second-order valence-corrected chi connectivity index (χ2v) is 10.2. The number of para-hydroxylation sites is 1. The lowest BCUT2D eigenvalue weighted by Crippen LogP contribution is -2.62. The van der Waals surface area contributed by atoms with E-state index >= 15 is 0 Å². The van der Waals surface area contributed by atoms with E-state index in [1.54, 1.807) is 11.9 Å². The molecule has 4 saturated carbocycles. The molecule has 0 unspecified atom stereocenters. The van der Waals surface area contributed by atoms with Crippen molar-refractivity contribution in [3.8, 4) is 0 Å². The van der Waals surface area contributed by atoms with E-state index in [1.807, 2.05) is 32.0 Å². The Morgan fingerprint density at radius 2 is 1.45 bits per heavy atom. The first-order chi connectivity index (χ1) is 14.7. The first kappa shape index (κ1) is 21.8. The minimum absolute atomic E-state index is 0.0194. The van der Waals surface area contributed by atoms with E-state index in [2.05, 4.69) is 16.0 Å². The Balaban J connectivity index is 1.23. The largest absolute Gasteiger partial charge is 0.332 e. The molecule has 4 bridgehead atoms. The number of nitrogens with one attached hydrogen (secondary N) is 3. The van der Waals surface area contributed by atoms with Crippen LogP contribution in [0.15, 0.2) is 18.2 Å². The summed E-state index contributed by atoms with van der Waals surface area (Å²) >= 11 is 0. The summed E-state index contributed by atoms with van der Waals surface area (Å²) in [6, 6.07) is 5.44. The maximum atomic E-state index is 12.5. The lowest BCUT2D eigenvalue weighted by molar-refractivity contribution is -0.122. The maximum Gasteiger partial charge on any atom is 0.321 e. The molecule has 168 valence electrons. The standard InChI is InChI=1S/C24H34N4O3/c1-15-5-4-6-16(2)22(15)25-20(29)13-28(3)14-21(30)26-23(31)27-24-10-17-7-18(11-24)9-19(8-17)12-24/h4-6,17-19H,7-14H2,1-3H3,(H,25,29)(H2,26,27,30,31). The highest BCUT2D eigenvalue weighted by Gasteiger charge is 2.51. The molecule has 4 aliphatic rings. The molecule has 4 amide bonds. The Morgan fingerprint density at radius 1 is 0.935 bits per heavy atom. The summed E-state index contributed by atoms with van der Waals surface area (Å²) in [6.45, 7) is 3.94. The number of hydrogen-bond acceptors (Lipinski definition) is 4. The van der Waals surface area contributed by atoms with Gasteiger partial charge in [-0.3, -0.25) is 19.8 Å². The van der Waals surface area contributed by atoms with E-state index < -0.39 is 11.9 Å². The van der Waals surface area contributed by atoms with Crippen molar-refractivity contribution in [3.63, 3.8) is 0 Å². The van der Waals surface area contributed by atoms with Crippen molar-refractivity contribution < 1.29 is 14.4 Å². The van der Waals surface area contributed by atoms with Gasteiger partial charge < -0.3 is 10.6 Å². The number of benzene rings is 1. The van der Waals surface area contributed by atoms with Crippen LogP contribution in [0.1, 0.15) is 49.7 Å². The second-order valence-electron chi connectivity index (χ2n) is 10.2. The topological polar surface area (TPSA) is 90.5 Å². The Kier molecular flexibility index (Phi) is 6.06. The Labute approximate surface area is 184 Å². The molecule has 7 heteroatoms. The molecule has 3 N–H and O–H groups in total. The Hall–Kier alpha value is -2.41. The number of amides is 4. The van der Waals surface area contributed by atoms with Gasteiger partial charge in [0, 0.05) is 11.2 Å². The van der Waals surface area contributed by atoms with Crippen molar-refractivity contribution in [2.24, 2.45) is 17.8 Å². The fraction of sp³-hybridized carbons (Fsp3) is 0.625. The van der Waals surface area contributed by atoms with Gasteiger partial charge >= 0.3 is 6.03 Å². The molecule has 0 heterocycles. The number of carbonyl (C=O) groups excluding carboxylic acids is 3. The van der Waals surface area contributed by atoms with Gasteiger partial charge in [0.15, 0.2) is 0 Å². The third-order valence-corrected chi connectivity index (χ3v) is 7.24. The van der Waals surface area contributed by atoms with Crippen molar-refractivity contribution in [1.29, 1.82) is 0 Å². The van der Waals surface area contributed by atoms with Gasteiger partial charge in [-0.1, -0.05) is 18.2 Å².